The molecule has 124 valence electrons. The number of aromatic nitrogens is 3. The molecule has 24 heavy (non-hydrogen) atoms. The van der Waals surface area contributed by atoms with Crippen molar-refractivity contribution in [3.8, 4) is 17.1 Å². The molecule has 0 aliphatic heterocycles. The number of para-hydroxylation sites is 1. The zero-order chi connectivity index (χ0) is 16.9. The van der Waals surface area contributed by atoms with Crippen LogP contribution in [0.1, 0.15) is 18.1 Å². The molecule has 4 nitrogen and oxygen atoms in total. The van der Waals surface area contributed by atoms with Crippen LogP contribution in [0.25, 0.3) is 11.4 Å². The molecule has 5 heteroatoms. The largest absolute Gasteiger partial charge is 0.493 e. The van der Waals surface area contributed by atoms with E-state index in [-0.39, 0.29) is 0 Å². The van der Waals surface area contributed by atoms with Crippen LogP contribution in [0, 0.1) is 6.92 Å². The number of aryl methyl sites for hydroxylation is 1. The van der Waals surface area contributed by atoms with E-state index >= 15 is 0 Å². The van der Waals surface area contributed by atoms with Crippen LogP contribution in [0.4, 0.5) is 0 Å². The Hall–Kier alpha value is -2.27. The summed E-state index contributed by atoms with van der Waals surface area (Å²) in [6, 6.07) is 16.5. The molecule has 1 aromatic heterocycles. The first-order valence-electron chi connectivity index (χ1n) is 7.99. The predicted octanol–water partition coefficient (Wildman–Crippen LogP) is 4.48. The Kier molecular flexibility index (Phi) is 5.20. The molecule has 3 aromatic rings. The van der Waals surface area contributed by atoms with E-state index in [4.69, 9.17) is 4.74 Å². The van der Waals surface area contributed by atoms with Crippen molar-refractivity contribution in [1.29, 1.82) is 0 Å². The third kappa shape index (κ3) is 3.62. The zero-order valence-electron chi connectivity index (χ0n) is 14.2. The molecule has 1 heterocycles. The van der Waals surface area contributed by atoms with E-state index in [0.717, 1.165) is 28.0 Å². The van der Waals surface area contributed by atoms with Gasteiger partial charge >= 0.3 is 0 Å². The van der Waals surface area contributed by atoms with Gasteiger partial charge in [-0.05, 0) is 31.5 Å². The summed E-state index contributed by atoms with van der Waals surface area (Å²) in [6.07, 6.45) is 0. The molecule has 0 atom stereocenters. The first-order valence-corrected chi connectivity index (χ1v) is 8.97. The van der Waals surface area contributed by atoms with Gasteiger partial charge in [0.05, 0.1) is 12.2 Å². The lowest BCUT2D eigenvalue weighted by atomic mass is 10.2. The average molecular weight is 339 g/mol. The molecule has 2 aromatic carbocycles. The lowest BCUT2D eigenvalue weighted by Crippen LogP contribution is -1.99. The minimum Gasteiger partial charge on any atom is -0.493 e. The summed E-state index contributed by atoms with van der Waals surface area (Å²) in [5, 5.41) is 9.62. The molecular formula is C19H21N3OS. The van der Waals surface area contributed by atoms with Gasteiger partial charge in [-0.15, -0.1) is 10.2 Å². The monoisotopic (exact) mass is 339 g/mol. The maximum atomic E-state index is 5.71. The van der Waals surface area contributed by atoms with Crippen LogP contribution < -0.4 is 4.74 Å². The Morgan fingerprint density at radius 2 is 1.92 bits per heavy atom. The van der Waals surface area contributed by atoms with E-state index in [0.29, 0.717) is 6.61 Å². The van der Waals surface area contributed by atoms with Crippen LogP contribution >= 0.6 is 11.8 Å². The Morgan fingerprint density at radius 1 is 1.08 bits per heavy atom. The number of thioether (sulfide) groups is 1. The second-order valence-electron chi connectivity index (χ2n) is 5.57. The SMILES string of the molecule is CCOc1ccccc1-c1nnc(SCc2cccc(C)c2)n1C. The van der Waals surface area contributed by atoms with Gasteiger partial charge in [-0.2, -0.15) is 0 Å². The molecule has 0 saturated heterocycles. The van der Waals surface area contributed by atoms with Crippen LogP contribution in [-0.2, 0) is 12.8 Å². The standard InChI is InChI=1S/C19H21N3OS/c1-4-23-17-11-6-5-10-16(17)18-20-21-19(22(18)3)24-13-15-9-7-8-14(2)12-15/h5-12H,4,13H2,1-3H3. The van der Waals surface area contributed by atoms with Crippen molar-refractivity contribution in [3.05, 3.63) is 59.7 Å². The highest BCUT2D eigenvalue weighted by Gasteiger charge is 2.15. The number of rotatable bonds is 6. The van der Waals surface area contributed by atoms with Gasteiger partial charge in [-0.1, -0.05) is 53.7 Å². The van der Waals surface area contributed by atoms with Gasteiger partial charge in [0.2, 0.25) is 0 Å². The van der Waals surface area contributed by atoms with E-state index in [1.54, 1.807) is 11.8 Å². The third-order valence-electron chi connectivity index (χ3n) is 3.71. The summed E-state index contributed by atoms with van der Waals surface area (Å²) in [5.74, 6) is 2.54. The van der Waals surface area contributed by atoms with Gasteiger partial charge in [-0.3, -0.25) is 0 Å². The van der Waals surface area contributed by atoms with Crippen molar-refractivity contribution < 1.29 is 4.74 Å². The summed E-state index contributed by atoms with van der Waals surface area (Å²) in [5.41, 5.74) is 3.54. The van der Waals surface area contributed by atoms with Gasteiger partial charge in [0.1, 0.15) is 5.75 Å². The molecule has 0 spiro atoms. The van der Waals surface area contributed by atoms with Crippen molar-refractivity contribution in [2.45, 2.75) is 24.8 Å². The van der Waals surface area contributed by atoms with Gasteiger partial charge in [-0.25, -0.2) is 0 Å². The number of ether oxygens (including phenoxy) is 1. The van der Waals surface area contributed by atoms with Crippen LogP contribution in [-0.4, -0.2) is 21.4 Å². The highest BCUT2D eigenvalue weighted by atomic mass is 32.2. The molecule has 0 amide bonds. The fraction of sp³-hybridized carbons (Fsp3) is 0.263. The van der Waals surface area contributed by atoms with Crippen molar-refractivity contribution in [1.82, 2.24) is 14.8 Å². The average Bonchev–Trinajstić information content (AvgIpc) is 2.95. The van der Waals surface area contributed by atoms with Crippen LogP contribution in [0.5, 0.6) is 5.75 Å². The van der Waals surface area contributed by atoms with Gasteiger partial charge in [0.15, 0.2) is 11.0 Å². The quantitative estimate of drug-likeness (QED) is 0.621. The van der Waals surface area contributed by atoms with Crippen molar-refractivity contribution in [2.24, 2.45) is 7.05 Å². The minimum absolute atomic E-state index is 0.629. The Balaban J connectivity index is 1.81. The molecule has 0 aliphatic carbocycles. The first-order chi connectivity index (χ1) is 11.7. The van der Waals surface area contributed by atoms with Crippen molar-refractivity contribution in [2.75, 3.05) is 6.61 Å². The van der Waals surface area contributed by atoms with E-state index < -0.39 is 0 Å². The second-order valence-corrected chi connectivity index (χ2v) is 6.51. The second kappa shape index (κ2) is 7.53. The topological polar surface area (TPSA) is 39.9 Å². The summed E-state index contributed by atoms with van der Waals surface area (Å²) in [7, 11) is 2.00. The fourth-order valence-electron chi connectivity index (χ4n) is 2.56. The highest BCUT2D eigenvalue weighted by Crippen LogP contribution is 2.31. The van der Waals surface area contributed by atoms with Crippen LogP contribution in [0.15, 0.2) is 53.7 Å². The summed E-state index contributed by atoms with van der Waals surface area (Å²) in [4.78, 5) is 0. The third-order valence-corrected chi connectivity index (χ3v) is 4.80. The molecular weight excluding hydrogens is 318 g/mol. The minimum atomic E-state index is 0.629. The highest BCUT2D eigenvalue weighted by molar-refractivity contribution is 7.98. The number of hydrogen-bond acceptors (Lipinski definition) is 4. The van der Waals surface area contributed by atoms with Gasteiger partial charge < -0.3 is 9.30 Å². The Labute approximate surface area is 146 Å². The fourth-order valence-corrected chi connectivity index (χ4v) is 3.41. The molecule has 0 bridgehead atoms. The molecule has 0 N–H and O–H groups in total. The summed E-state index contributed by atoms with van der Waals surface area (Å²) < 4.78 is 7.74. The van der Waals surface area contributed by atoms with E-state index in [1.807, 2.05) is 42.8 Å². The summed E-state index contributed by atoms with van der Waals surface area (Å²) >= 11 is 1.69. The van der Waals surface area contributed by atoms with Crippen molar-refractivity contribution >= 4 is 11.8 Å². The molecule has 0 saturated carbocycles. The maximum absolute atomic E-state index is 5.71. The summed E-state index contributed by atoms with van der Waals surface area (Å²) in [6.45, 7) is 4.72. The lowest BCUT2D eigenvalue weighted by Gasteiger charge is -2.09. The lowest BCUT2D eigenvalue weighted by molar-refractivity contribution is 0.341. The molecule has 0 fully saturated rings. The zero-order valence-corrected chi connectivity index (χ0v) is 15.0. The maximum Gasteiger partial charge on any atom is 0.191 e. The van der Waals surface area contributed by atoms with E-state index in [1.165, 1.54) is 11.1 Å². The van der Waals surface area contributed by atoms with Crippen molar-refractivity contribution in [3.63, 3.8) is 0 Å². The van der Waals surface area contributed by atoms with E-state index in [2.05, 4.69) is 41.4 Å². The van der Waals surface area contributed by atoms with Gasteiger partial charge in [0, 0.05) is 12.8 Å². The first kappa shape index (κ1) is 16.6. The molecule has 3 rings (SSSR count). The van der Waals surface area contributed by atoms with Crippen LogP contribution in [0.2, 0.25) is 0 Å². The number of nitrogens with zero attached hydrogens (tertiary/aromatic N) is 3. The molecule has 0 radical (unpaired) electrons. The normalized spacial score (nSPS) is 10.8. The molecule has 0 aliphatic rings. The Bertz CT molecular complexity index is 829. The Morgan fingerprint density at radius 3 is 2.71 bits per heavy atom. The number of benzene rings is 2. The molecule has 0 unspecified atom stereocenters. The predicted molar refractivity (Wildman–Crippen MR) is 98.3 cm³/mol. The number of hydrogen-bond donors (Lipinski definition) is 0. The van der Waals surface area contributed by atoms with Crippen LogP contribution in [0.3, 0.4) is 0 Å². The smallest absolute Gasteiger partial charge is 0.191 e. The van der Waals surface area contributed by atoms with E-state index in [9.17, 15) is 0 Å². The van der Waals surface area contributed by atoms with Gasteiger partial charge in [0.25, 0.3) is 0 Å².